The lowest BCUT2D eigenvalue weighted by atomic mass is 10.1. The smallest absolute Gasteiger partial charge is 0.193 e. The number of rotatable bonds is 6. The van der Waals surface area contributed by atoms with E-state index < -0.39 is 0 Å². The van der Waals surface area contributed by atoms with Crippen LogP contribution in [0.5, 0.6) is 0 Å². The van der Waals surface area contributed by atoms with E-state index in [1.165, 1.54) is 11.3 Å². The molecule has 0 aliphatic carbocycles. The van der Waals surface area contributed by atoms with Gasteiger partial charge in [-0.25, -0.2) is 0 Å². The van der Waals surface area contributed by atoms with E-state index in [4.69, 9.17) is 4.74 Å². The molecular formula is C19H30N4OS. The van der Waals surface area contributed by atoms with Gasteiger partial charge >= 0.3 is 0 Å². The number of morpholine rings is 1. The summed E-state index contributed by atoms with van der Waals surface area (Å²) in [6, 6.07) is 11.2. The third-order valence-electron chi connectivity index (χ3n) is 4.96. The van der Waals surface area contributed by atoms with Gasteiger partial charge in [-0.1, -0.05) is 30.3 Å². The van der Waals surface area contributed by atoms with E-state index in [0.29, 0.717) is 6.04 Å². The van der Waals surface area contributed by atoms with Gasteiger partial charge in [0, 0.05) is 39.8 Å². The Morgan fingerprint density at radius 3 is 2.92 bits per heavy atom. The highest BCUT2D eigenvalue weighted by Gasteiger charge is 2.41. The molecule has 2 aliphatic heterocycles. The van der Waals surface area contributed by atoms with Gasteiger partial charge in [-0.3, -0.25) is 9.89 Å². The molecule has 2 fully saturated rings. The van der Waals surface area contributed by atoms with Crippen molar-refractivity contribution in [1.29, 1.82) is 0 Å². The molecule has 0 saturated carbocycles. The first-order valence-corrected chi connectivity index (χ1v) is 10.6. The van der Waals surface area contributed by atoms with Gasteiger partial charge in [-0.2, -0.15) is 11.8 Å². The van der Waals surface area contributed by atoms with Gasteiger partial charge < -0.3 is 15.0 Å². The van der Waals surface area contributed by atoms with Crippen LogP contribution >= 0.6 is 11.8 Å². The van der Waals surface area contributed by atoms with E-state index in [-0.39, 0.29) is 6.10 Å². The van der Waals surface area contributed by atoms with Gasteiger partial charge in [0.15, 0.2) is 5.96 Å². The number of guanidine groups is 1. The number of nitrogens with one attached hydrogen (secondary N) is 1. The van der Waals surface area contributed by atoms with Crippen LogP contribution in [0.3, 0.4) is 0 Å². The van der Waals surface area contributed by atoms with E-state index in [2.05, 4.69) is 56.7 Å². The molecule has 5 nitrogen and oxygen atoms in total. The number of ether oxygens (including phenoxy) is 1. The van der Waals surface area contributed by atoms with Crippen molar-refractivity contribution in [3.8, 4) is 0 Å². The number of nitrogens with zero attached hydrogens (tertiary/aromatic N) is 3. The maximum Gasteiger partial charge on any atom is 0.193 e. The molecule has 2 saturated heterocycles. The second-order valence-corrected chi connectivity index (χ2v) is 7.64. The third-order valence-corrected chi connectivity index (χ3v) is 5.66. The Bertz CT molecular complexity index is 554. The highest BCUT2D eigenvalue weighted by Crippen LogP contribution is 2.24. The van der Waals surface area contributed by atoms with E-state index in [0.717, 1.165) is 51.7 Å². The zero-order chi connectivity index (χ0) is 17.5. The summed E-state index contributed by atoms with van der Waals surface area (Å²) in [5.74, 6) is 2.20. The highest BCUT2D eigenvalue weighted by molar-refractivity contribution is 7.98. The van der Waals surface area contributed by atoms with Crippen LogP contribution in [-0.4, -0.2) is 79.7 Å². The number of fused-ring (bicyclic) bond motifs is 1. The summed E-state index contributed by atoms with van der Waals surface area (Å²) in [4.78, 5) is 9.42. The molecule has 0 spiro atoms. The van der Waals surface area contributed by atoms with Gasteiger partial charge in [0.2, 0.25) is 0 Å². The fourth-order valence-corrected chi connectivity index (χ4v) is 4.13. The molecule has 0 aromatic heterocycles. The fraction of sp³-hybridized carbons (Fsp3) is 0.632. The van der Waals surface area contributed by atoms with E-state index in [1.54, 1.807) is 0 Å². The lowest BCUT2D eigenvalue weighted by Gasteiger charge is -2.36. The summed E-state index contributed by atoms with van der Waals surface area (Å²) in [5.41, 5.74) is 1.38. The summed E-state index contributed by atoms with van der Waals surface area (Å²) in [5, 5.41) is 3.51. The van der Waals surface area contributed by atoms with Crippen LogP contribution < -0.4 is 5.32 Å². The number of benzene rings is 1. The molecule has 1 aromatic rings. The van der Waals surface area contributed by atoms with Crippen molar-refractivity contribution in [3.63, 3.8) is 0 Å². The number of thioether (sulfide) groups is 1. The maximum atomic E-state index is 6.07. The molecule has 2 unspecified atom stereocenters. The van der Waals surface area contributed by atoms with E-state index in [9.17, 15) is 0 Å². The fourth-order valence-electron chi connectivity index (χ4n) is 3.69. The van der Waals surface area contributed by atoms with Gasteiger partial charge in [0.05, 0.1) is 18.8 Å². The quantitative estimate of drug-likeness (QED) is 0.475. The average molecular weight is 363 g/mol. The van der Waals surface area contributed by atoms with Crippen LogP contribution in [0, 0.1) is 0 Å². The molecule has 2 heterocycles. The van der Waals surface area contributed by atoms with Crippen molar-refractivity contribution in [2.75, 3.05) is 51.8 Å². The standard InChI is InChI=1S/C19H30N4OS/c1-20-19(21-9-6-12-25-2)23-14-17-18(15-23)24-11-10-22(17)13-16-7-4-3-5-8-16/h3-5,7-8,17-18H,6,9-15H2,1-2H3,(H,20,21). The summed E-state index contributed by atoms with van der Waals surface area (Å²) in [6.45, 7) is 5.72. The molecule has 0 amide bonds. The van der Waals surface area contributed by atoms with Crippen LogP contribution in [0.15, 0.2) is 35.3 Å². The second-order valence-electron chi connectivity index (χ2n) is 6.66. The van der Waals surface area contributed by atoms with Gasteiger partial charge in [0.1, 0.15) is 0 Å². The van der Waals surface area contributed by atoms with Crippen molar-refractivity contribution in [3.05, 3.63) is 35.9 Å². The first kappa shape index (κ1) is 18.5. The summed E-state index contributed by atoms with van der Waals surface area (Å²) >= 11 is 1.89. The molecular weight excluding hydrogens is 332 g/mol. The Labute approximate surface area is 155 Å². The largest absolute Gasteiger partial charge is 0.373 e. The SMILES string of the molecule is CN=C(NCCCSC)N1CC2OCCN(Cc3ccccc3)C2C1. The molecule has 0 bridgehead atoms. The maximum absolute atomic E-state index is 6.07. The van der Waals surface area contributed by atoms with Crippen LogP contribution in [0.1, 0.15) is 12.0 Å². The third kappa shape index (κ3) is 4.90. The Morgan fingerprint density at radius 2 is 2.16 bits per heavy atom. The minimum atomic E-state index is 0.280. The van der Waals surface area contributed by atoms with Crippen molar-refractivity contribution in [2.24, 2.45) is 4.99 Å². The van der Waals surface area contributed by atoms with Crippen LogP contribution in [-0.2, 0) is 11.3 Å². The van der Waals surface area contributed by atoms with Crippen molar-refractivity contribution < 1.29 is 4.74 Å². The Kier molecular flexibility index (Phi) is 7.02. The molecule has 2 atom stereocenters. The molecule has 3 rings (SSSR count). The summed E-state index contributed by atoms with van der Waals surface area (Å²) in [6.07, 6.45) is 3.60. The molecule has 1 aromatic carbocycles. The van der Waals surface area contributed by atoms with Crippen molar-refractivity contribution >= 4 is 17.7 Å². The molecule has 0 radical (unpaired) electrons. The minimum Gasteiger partial charge on any atom is -0.373 e. The number of likely N-dealkylation sites (tertiary alicyclic amines) is 1. The topological polar surface area (TPSA) is 40.1 Å². The highest BCUT2D eigenvalue weighted by atomic mass is 32.2. The van der Waals surface area contributed by atoms with Crippen LogP contribution in [0.4, 0.5) is 0 Å². The lowest BCUT2D eigenvalue weighted by molar-refractivity contribution is -0.0502. The summed E-state index contributed by atoms with van der Waals surface area (Å²) < 4.78 is 6.07. The minimum absolute atomic E-state index is 0.280. The zero-order valence-electron chi connectivity index (χ0n) is 15.4. The molecule has 2 aliphatic rings. The second kappa shape index (κ2) is 9.46. The predicted molar refractivity (Wildman–Crippen MR) is 106 cm³/mol. The first-order chi connectivity index (χ1) is 12.3. The lowest BCUT2D eigenvalue weighted by Crippen LogP contribution is -2.50. The van der Waals surface area contributed by atoms with Crippen LogP contribution in [0.2, 0.25) is 0 Å². The first-order valence-electron chi connectivity index (χ1n) is 9.16. The van der Waals surface area contributed by atoms with Gasteiger partial charge in [-0.15, -0.1) is 0 Å². The zero-order valence-corrected chi connectivity index (χ0v) is 16.2. The summed E-state index contributed by atoms with van der Waals surface area (Å²) in [7, 11) is 1.88. The monoisotopic (exact) mass is 362 g/mol. The Balaban J connectivity index is 1.58. The average Bonchev–Trinajstić information content (AvgIpc) is 3.08. The van der Waals surface area contributed by atoms with E-state index >= 15 is 0 Å². The molecule has 25 heavy (non-hydrogen) atoms. The van der Waals surface area contributed by atoms with E-state index in [1.807, 2.05) is 18.8 Å². The predicted octanol–water partition coefficient (Wildman–Crippen LogP) is 1.90. The number of aliphatic imine (C=N–C) groups is 1. The van der Waals surface area contributed by atoms with Crippen LogP contribution in [0.25, 0.3) is 0 Å². The van der Waals surface area contributed by atoms with Crippen molar-refractivity contribution in [1.82, 2.24) is 15.1 Å². The van der Waals surface area contributed by atoms with Gasteiger partial charge in [0.25, 0.3) is 0 Å². The molecule has 1 N–H and O–H groups in total. The normalized spacial score (nSPS) is 24.4. The van der Waals surface area contributed by atoms with Gasteiger partial charge in [-0.05, 0) is 24.0 Å². The Morgan fingerprint density at radius 1 is 1.32 bits per heavy atom. The number of hydrogen-bond acceptors (Lipinski definition) is 4. The van der Waals surface area contributed by atoms with Crippen molar-refractivity contribution in [2.45, 2.75) is 25.1 Å². The molecule has 6 heteroatoms. The Hall–Kier alpha value is -1.24. The molecule has 138 valence electrons. The number of hydrogen-bond donors (Lipinski definition) is 1.